The van der Waals surface area contributed by atoms with Crippen LogP contribution in [0.25, 0.3) is 0 Å². The molecule has 7 nitrogen and oxygen atoms in total. The first kappa shape index (κ1) is 27.9. The summed E-state index contributed by atoms with van der Waals surface area (Å²) in [5, 5.41) is 6.44. The van der Waals surface area contributed by atoms with Crippen molar-refractivity contribution in [2.75, 3.05) is 39.5 Å². The molecule has 0 aliphatic heterocycles. The number of halogens is 1. The summed E-state index contributed by atoms with van der Waals surface area (Å²) in [5.74, 6) is 0.697. The molecular formula is C23H33IN4O3S. The predicted molar refractivity (Wildman–Crippen MR) is 141 cm³/mol. The second kappa shape index (κ2) is 14.1. The average Bonchev–Trinajstić information content (AvgIpc) is 2.77. The molecule has 0 radical (unpaired) electrons. The molecule has 0 aliphatic rings. The third-order valence-electron chi connectivity index (χ3n) is 4.57. The number of guanidine groups is 1. The standard InChI is InChI=1S/C23H32N4O3S.HI/c1-4-24-23(25-15-9-17-31(29,30)21-12-6-5-7-13-21)26-16-14-19-10-8-11-20(18-19)22(28)27(2)3;/h5-8,10-13,18H,4,9,14-17H2,1-3H3,(H2,24,25,26);1H. The normalized spacial score (nSPS) is 11.4. The zero-order chi connectivity index (χ0) is 22.7. The highest BCUT2D eigenvalue weighted by Crippen LogP contribution is 2.11. The summed E-state index contributed by atoms with van der Waals surface area (Å²) < 4.78 is 24.7. The van der Waals surface area contributed by atoms with E-state index in [1.165, 1.54) is 0 Å². The van der Waals surface area contributed by atoms with Crippen LogP contribution in [-0.2, 0) is 16.3 Å². The van der Waals surface area contributed by atoms with Gasteiger partial charge in [0, 0.05) is 39.3 Å². The summed E-state index contributed by atoms with van der Waals surface area (Å²) in [6.45, 7) is 3.75. The van der Waals surface area contributed by atoms with E-state index in [9.17, 15) is 13.2 Å². The molecule has 9 heteroatoms. The molecule has 0 bridgehead atoms. The zero-order valence-electron chi connectivity index (χ0n) is 18.9. The number of aliphatic imine (C=N–C) groups is 1. The third kappa shape index (κ3) is 9.15. The van der Waals surface area contributed by atoms with E-state index >= 15 is 0 Å². The largest absolute Gasteiger partial charge is 0.357 e. The van der Waals surface area contributed by atoms with E-state index in [1.54, 1.807) is 49.3 Å². The number of nitrogens with zero attached hydrogens (tertiary/aromatic N) is 2. The lowest BCUT2D eigenvalue weighted by Gasteiger charge is -2.13. The van der Waals surface area contributed by atoms with Crippen molar-refractivity contribution in [3.63, 3.8) is 0 Å². The Morgan fingerprint density at radius 3 is 2.41 bits per heavy atom. The van der Waals surface area contributed by atoms with Crippen molar-refractivity contribution in [3.8, 4) is 0 Å². The number of amides is 1. The van der Waals surface area contributed by atoms with Gasteiger partial charge >= 0.3 is 0 Å². The first-order valence-electron chi connectivity index (χ1n) is 10.4. The number of sulfone groups is 1. The minimum atomic E-state index is -3.28. The van der Waals surface area contributed by atoms with Crippen LogP contribution >= 0.6 is 24.0 Å². The minimum Gasteiger partial charge on any atom is -0.357 e. The van der Waals surface area contributed by atoms with Crippen LogP contribution in [0.2, 0.25) is 0 Å². The van der Waals surface area contributed by atoms with Crippen LogP contribution in [0.15, 0.2) is 64.5 Å². The highest BCUT2D eigenvalue weighted by atomic mass is 127. The quantitative estimate of drug-likeness (QED) is 0.198. The van der Waals surface area contributed by atoms with Crippen molar-refractivity contribution >= 4 is 45.7 Å². The van der Waals surface area contributed by atoms with Gasteiger partial charge in [-0.05, 0) is 49.6 Å². The summed E-state index contributed by atoms with van der Waals surface area (Å²) in [6.07, 6.45) is 1.18. The molecule has 0 atom stereocenters. The van der Waals surface area contributed by atoms with E-state index in [0.717, 1.165) is 12.0 Å². The number of benzene rings is 2. The lowest BCUT2D eigenvalue weighted by atomic mass is 10.1. The molecule has 1 amide bonds. The molecule has 0 aromatic heterocycles. The molecule has 32 heavy (non-hydrogen) atoms. The lowest BCUT2D eigenvalue weighted by molar-refractivity contribution is 0.0827. The SMILES string of the molecule is CCNC(=NCCCS(=O)(=O)c1ccccc1)NCCc1cccc(C(=O)N(C)C)c1.I. The van der Waals surface area contributed by atoms with E-state index < -0.39 is 9.84 Å². The summed E-state index contributed by atoms with van der Waals surface area (Å²) in [4.78, 5) is 18.5. The summed E-state index contributed by atoms with van der Waals surface area (Å²) >= 11 is 0. The summed E-state index contributed by atoms with van der Waals surface area (Å²) in [6, 6.07) is 16.1. The monoisotopic (exact) mass is 572 g/mol. The molecule has 0 saturated heterocycles. The highest BCUT2D eigenvalue weighted by Gasteiger charge is 2.13. The Morgan fingerprint density at radius 1 is 1.03 bits per heavy atom. The van der Waals surface area contributed by atoms with Gasteiger partial charge in [-0.15, -0.1) is 24.0 Å². The fourth-order valence-corrected chi connectivity index (χ4v) is 4.29. The molecule has 2 N–H and O–H groups in total. The predicted octanol–water partition coefficient (Wildman–Crippen LogP) is 2.97. The Bertz CT molecular complexity index is 980. The molecular weight excluding hydrogens is 539 g/mol. The summed E-state index contributed by atoms with van der Waals surface area (Å²) in [7, 11) is 0.192. The van der Waals surface area contributed by atoms with Crippen LogP contribution < -0.4 is 10.6 Å². The first-order chi connectivity index (χ1) is 14.8. The number of nitrogens with one attached hydrogen (secondary N) is 2. The lowest BCUT2D eigenvalue weighted by Crippen LogP contribution is -2.38. The Balaban J connectivity index is 0.00000512. The maximum absolute atomic E-state index is 12.3. The number of rotatable bonds is 10. The molecule has 0 heterocycles. The number of hydrogen-bond acceptors (Lipinski definition) is 4. The Kier molecular flexibility index (Phi) is 12.3. The van der Waals surface area contributed by atoms with Crippen molar-refractivity contribution in [2.24, 2.45) is 4.99 Å². The average molecular weight is 573 g/mol. The van der Waals surface area contributed by atoms with Gasteiger partial charge in [0.25, 0.3) is 5.91 Å². The maximum atomic E-state index is 12.3. The third-order valence-corrected chi connectivity index (χ3v) is 6.39. The van der Waals surface area contributed by atoms with Crippen LogP contribution in [0.1, 0.15) is 29.3 Å². The molecule has 176 valence electrons. The molecule has 0 aliphatic carbocycles. The van der Waals surface area contributed by atoms with Crippen molar-refractivity contribution in [3.05, 3.63) is 65.7 Å². The van der Waals surface area contributed by atoms with Gasteiger partial charge in [-0.1, -0.05) is 30.3 Å². The van der Waals surface area contributed by atoms with Gasteiger partial charge in [-0.25, -0.2) is 8.42 Å². The topological polar surface area (TPSA) is 90.9 Å². The van der Waals surface area contributed by atoms with Crippen molar-refractivity contribution in [1.82, 2.24) is 15.5 Å². The highest BCUT2D eigenvalue weighted by molar-refractivity contribution is 14.0. The minimum absolute atomic E-state index is 0. The van der Waals surface area contributed by atoms with Gasteiger partial charge in [-0.3, -0.25) is 9.79 Å². The Morgan fingerprint density at radius 2 is 1.75 bits per heavy atom. The first-order valence-corrected chi connectivity index (χ1v) is 12.1. The van der Waals surface area contributed by atoms with E-state index in [1.807, 2.05) is 31.2 Å². The smallest absolute Gasteiger partial charge is 0.253 e. The Hall–Kier alpha value is -2.14. The molecule has 2 aromatic carbocycles. The van der Waals surface area contributed by atoms with E-state index in [0.29, 0.717) is 42.5 Å². The van der Waals surface area contributed by atoms with E-state index in [4.69, 9.17) is 0 Å². The van der Waals surface area contributed by atoms with Gasteiger partial charge in [0.1, 0.15) is 0 Å². The fraction of sp³-hybridized carbons (Fsp3) is 0.391. The van der Waals surface area contributed by atoms with Gasteiger partial charge in [0.05, 0.1) is 10.6 Å². The van der Waals surface area contributed by atoms with Crippen molar-refractivity contribution in [2.45, 2.75) is 24.7 Å². The number of hydrogen-bond donors (Lipinski definition) is 2. The van der Waals surface area contributed by atoms with Crippen LogP contribution in [0.4, 0.5) is 0 Å². The molecule has 2 rings (SSSR count). The molecule has 2 aromatic rings. The molecule has 0 unspecified atom stereocenters. The van der Waals surface area contributed by atoms with Gasteiger partial charge in [0.15, 0.2) is 15.8 Å². The van der Waals surface area contributed by atoms with Crippen LogP contribution in [0.5, 0.6) is 0 Å². The number of carbonyl (C=O) groups is 1. The number of carbonyl (C=O) groups excluding carboxylic acids is 1. The second-order valence-electron chi connectivity index (χ2n) is 7.32. The van der Waals surface area contributed by atoms with Crippen LogP contribution in [0.3, 0.4) is 0 Å². The second-order valence-corrected chi connectivity index (χ2v) is 9.43. The van der Waals surface area contributed by atoms with Gasteiger partial charge in [-0.2, -0.15) is 0 Å². The van der Waals surface area contributed by atoms with Gasteiger partial charge in [0.2, 0.25) is 0 Å². The van der Waals surface area contributed by atoms with Crippen molar-refractivity contribution in [1.29, 1.82) is 0 Å². The van der Waals surface area contributed by atoms with Crippen LogP contribution in [0, 0.1) is 0 Å². The summed E-state index contributed by atoms with van der Waals surface area (Å²) in [5.41, 5.74) is 1.73. The van der Waals surface area contributed by atoms with E-state index in [2.05, 4.69) is 15.6 Å². The molecule has 0 spiro atoms. The molecule has 0 fully saturated rings. The molecule has 0 saturated carbocycles. The zero-order valence-corrected chi connectivity index (χ0v) is 22.0. The van der Waals surface area contributed by atoms with E-state index in [-0.39, 0.29) is 35.6 Å². The Labute approximate surface area is 208 Å². The fourth-order valence-electron chi connectivity index (χ4n) is 2.98. The van der Waals surface area contributed by atoms with Gasteiger partial charge < -0.3 is 15.5 Å². The van der Waals surface area contributed by atoms with Crippen molar-refractivity contribution < 1.29 is 13.2 Å². The van der Waals surface area contributed by atoms with Crippen LogP contribution in [-0.4, -0.2) is 64.7 Å². The maximum Gasteiger partial charge on any atom is 0.253 e.